The van der Waals surface area contributed by atoms with E-state index in [0.29, 0.717) is 0 Å². The molecule has 0 aromatic heterocycles. The average molecular weight is 210 g/mol. The maximum Gasteiger partial charge on any atom is 0.637 e. The molecule has 0 spiro atoms. The van der Waals surface area contributed by atoms with Crippen molar-refractivity contribution in [3.63, 3.8) is 0 Å². The molecule has 0 aromatic carbocycles. The van der Waals surface area contributed by atoms with Crippen molar-refractivity contribution < 1.29 is 23.8 Å². The Hall–Kier alpha value is -1.64. The zero-order chi connectivity index (χ0) is 11.4. The number of halogens is 1. The van der Waals surface area contributed by atoms with Crippen LogP contribution < -0.4 is 0 Å². The molecule has 0 aliphatic rings. The van der Waals surface area contributed by atoms with Gasteiger partial charge in [-0.25, -0.2) is 0 Å². The molecule has 0 fully saturated rings. The summed E-state index contributed by atoms with van der Waals surface area (Å²) in [5.74, 6) is -4.41. The molecule has 0 aliphatic heterocycles. The third-order valence-corrected chi connectivity index (χ3v) is 1.15. The number of rotatable bonds is 6. The van der Waals surface area contributed by atoms with E-state index in [4.69, 9.17) is 0 Å². The van der Waals surface area contributed by atoms with Crippen LogP contribution in [0.4, 0.5) is 4.39 Å². The fourth-order valence-corrected chi connectivity index (χ4v) is 0.497. The number of nitrogens with zero attached hydrogens (tertiary/aromatic N) is 2. The van der Waals surface area contributed by atoms with E-state index >= 15 is 0 Å². The molecular weight excluding hydrogens is 203 g/mol. The Kier molecular flexibility index (Phi) is 4.02. The normalized spacial score (nSPS) is 11.0. The van der Waals surface area contributed by atoms with Crippen LogP contribution in [0.3, 0.4) is 0 Å². The number of carbonyl (C=O) groups excluding carboxylic acids is 1. The van der Waals surface area contributed by atoms with E-state index in [-0.39, 0.29) is 0 Å². The van der Waals surface area contributed by atoms with Crippen molar-refractivity contribution >= 4 is 5.78 Å². The van der Waals surface area contributed by atoms with Crippen molar-refractivity contribution in [3.05, 3.63) is 20.2 Å². The molecule has 0 aliphatic carbocycles. The predicted octanol–water partition coefficient (Wildman–Crippen LogP) is -0.231. The monoisotopic (exact) mass is 210 g/mol. The Bertz CT molecular complexity index is 253. The number of hydrogen-bond acceptors (Lipinski definition) is 6. The lowest BCUT2D eigenvalue weighted by Crippen LogP contribution is -2.46. The van der Waals surface area contributed by atoms with Crippen LogP contribution >= 0.6 is 0 Å². The summed E-state index contributed by atoms with van der Waals surface area (Å²) in [5, 5.41) is 19.9. The van der Waals surface area contributed by atoms with Crippen LogP contribution in [0.1, 0.15) is 6.92 Å². The van der Waals surface area contributed by atoms with E-state index < -0.39 is 34.8 Å². The molecule has 0 radical (unpaired) electrons. The van der Waals surface area contributed by atoms with Crippen LogP contribution in [0.25, 0.3) is 0 Å². The van der Waals surface area contributed by atoms with Crippen molar-refractivity contribution in [3.8, 4) is 0 Å². The van der Waals surface area contributed by atoms with E-state index in [2.05, 4.69) is 4.74 Å². The topological polar surface area (TPSA) is 113 Å². The molecule has 0 unspecified atom stereocenters. The highest BCUT2D eigenvalue weighted by atomic mass is 19.2. The van der Waals surface area contributed by atoms with E-state index in [9.17, 15) is 29.4 Å². The van der Waals surface area contributed by atoms with Gasteiger partial charge in [-0.3, -0.25) is 25.0 Å². The maximum atomic E-state index is 12.9. The number of Topliss-reactive ketones (excluding diaryl/α,β-unsaturated/α-hetero) is 1. The lowest BCUT2D eigenvalue weighted by molar-refractivity contribution is -0.833. The van der Waals surface area contributed by atoms with Crippen LogP contribution in [-0.2, 0) is 9.53 Å². The van der Waals surface area contributed by atoms with Gasteiger partial charge in [0, 0.05) is 0 Å². The van der Waals surface area contributed by atoms with Gasteiger partial charge in [-0.05, 0) is 6.92 Å². The summed E-state index contributed by atoms with van der Waals surface area (Å²) in [6, 6.07) is 0. The Morgan fingerprint density at radius 2 is 1.86 bits per heavy atom. The second-order valence-electron chi connectivity index (χ2n) is 2.43. The minimum Gasteiger partial charge on any atom is -0.356 e. The minimum atomic E-state index is -3.89. The van der Waals surface area contributed by atoms with Gasteiger partial charge in [0.25, 0.3) is 0 Å². The Balaban J connectivity index is 4.32. The Morgan fingerprint density at radius 3 is 2.14 bits per heavy atom. The molecule has 14 heavy (non-hydrogen) atoms. The molecule has 9 heteroatoms. The summed E-state index contributed by atoms with van der Waals surface area (Å²) < 4.78 is 17.0. The lowest BCUT2D eigenvalue weighted by atomic mass is 10.5. The maximum absolute atomic E-state index is 12.9. The van der Waals surface area contributed by atoms with Gasteiger partial charge >= 0.3 is 5.92 Å². The molecule has 0 N–H and O–H groups in total. The summed E-state index contributed by atoms with van der Waals surface area (Å²) in [4.78, 5) is 26.8. The van der Waals surface area contributed by atoms with Crippen LogP contribution in [0, 0.1) is 20.2 Å². The van der Waals surface area contributed by atoms with Gasteiger partial charge in [0.05, 0.1) is 0 Å². The summed E-state index contributed by atoms with van der Waals surface area (Å²) in [7, 11) is 0. The van der Waals surface area contributed by atoms with Crippen LogP contribution in [0.5, 0.6) is 0 Å². The molecule has 80 valence electrons. The third kappa shape index (κ3) is 3.01. The highest BCUT2D eigenvalue weighted by Crippen LogP contribution is 2.13. The SMILES string of the molecule is CC(=O)COCC(F)([N+](=O)[O-])[N+](=O)[O-]. The first-order valence-corrected chi connectivity index (χ1v) is 3.36. The lowest BCUT2D eigenvalue weighted by Gasteiger charge is -2.07. The van der Waals surface area contributed by atoms with E-state index in [0.717, 1.165) is 6.92 Å². The third-order valence-electron chi connectivity index (χ3n) is 1.15. The number of hydrogen-bond donors (Lipinski definition) is 0. The second-order valence-corrected chi connectivity index (χ2v) is 2.43. The first-order valence-electron chi connectivity index (χ1n) is 3.36. The van der Waals surface area contributed by atoms with E-state index in [1.807, 2.05) is 0 Å². The Labute approximate surface area is 76.9 Å². The number of carbonyl (C=O) groups is 1. The van der Waals surface area contributed by atoms with Crippen molar-refractivity contribution in [2.24, 2.45) is 0 Å². The molecule has 8 nitrogen and oxygen atoms in total. The largest absolute Gasteiger partial charge is 0.637 e. The summed E-state index contributed by atoms with van der Waals surface area (Å²) in [6.45, 7) is -0.905. The first-order chi connectivity index (χ1) is 6.30. The molecule has 0 aromatic rings. The van der Waals surface area contributed by atoms with Gasteiger partial charge in [-0.1, -0.05) is 4.39 Å². The zero-order valence-electron chi connectivity index (χ0n) is 7.14. The highest BCUT2D eigenvalue weighted by Gasteiger charge is 2.58. The van der Waals surface area contributed by atoms with Crippen LogP contribution in [-0.4, -0.2) is 34.8 Å². The standard InChI is InChI=1S/C5H7FN2O6/c1-4(9)2-14-3-5(6,7(10)11)8(12)13/h2-3H2,1H3. The number of ketones is 1. The summed E-state index contributed by atoms with van der Waals surface area (Å²) in [6.07, 6.45) is 0. The number of ether oxygens (including phenoxy) is 1. The van der Waals surface area contributed by atoms with Gasteiger partial charge in [0.2, 0.25) is 6.61 Å². The van der Waals surface area contributed by atoms with Gasteiger partial charge in [0.1, 0.15) is 16.5 Å². The smallest absolute Gasteiger partial charge is 0.356 e. The van der Waals surface area contributed by atoms with Crippen molar-refractivity contribution in [1.82, 2.24) is 0 Å². The molecule has 0 heterocycles. The quantitative estimate of drug-likeness (QED) is 0.259. The summed E-state index contributed by atoms with van der Waals surface area (Å²) >= 11 is 0. The molecule has 0 rings (SSSR count). The second kappa shape index (κ2) is 4.56. The molecular formula is C5H7FN2O6. The minimum absolute atomic E-state index is 0.515. The van der Waals surface area contributed by atoms with E-state index in [1.165, 1.54) is 0 Å². The van der Waals surface area contributed by atoms with Gasteiger partial charge in [0.15, 0.2) is 5.78 Å². The number of nitro groups is 2. The van der Waals surface area contributed by atoms with Crippen LogP contribution in [0.2, 0.25) is 0 Å². The van der Waals surface area contributed by atoms with Gasteiger partial charge < -0.3 is 4.74 Å². The Morgan fingerprint density at radius 1 is 1.43 bits per heavy atom. The molecule has 0 saturated heterocycles. The van der Waals surface area contributed by atoms with Gasteiger partial charge in [-0.2, -0.15) is 0 Å². The predicted molar refractivity (Wildman–Crippen MR) is 39.3 cm³/mol. The van der Waals surface area contributed by atoms with Crippen molar-refractivity contribution in [2.45, 2.75) is 12.8 Å². The molecule has 0 amide bonds. The molecule has 0 bridgehead atoms. The number of alkyl halides is 1. The molecule has 0 atom stereocenters. The fourth-order valence-electron chi connectivity index (χ4n) is 0.497. The summed E-state index contributed by atoms with van der Waals surface area (Å²) in [5.41, 5.74) is 0. The van der Waals surface area contributed by atoms with Crippen molar-refractivity contribution in [2.75, 3.05) is 13.2 Å². The van der Waals surface area contributed by atoms with E-state index in [1.54, 1.807) is 0 Å². The van der Waals surface area contributed by atoms with Crippen LogP contribution in [0.15, 0.2) is 0 Å². The average Bonchev–Trinajstić information content (AvgIpc) is 2.02. The zero-order valence-corrected chi connectivity index (χ0v) is 7.14. The molecule has 0 saturated carbocycles. The first kappa shape index (κ1) is 12.4. The van der Waals surface area contributed by atoms with Gasteiger partial charge in [-0.15, -0.1) is 0 Å². The highest BCUT2D eigenvalue weighted by molar-refractivity contribution is 5.76. The fraction of sp³-hybridized carbons (Fsp3) is 0.800. The van der Waals surface area contributed by atoms with Crippen molar-refractivity contribution in [1.29, 1.82) is 0 Å².